The SMILES string of the molecule is C[C@H]1CCCN(S(=O)(=O)c2ccc(NCC(=O)NC3CC3)c([N+](=O)[O-])c2)C1. The first-order valence-corrected chi connectivity index (χ1v) is 10.5. The van der Waals surface area contributed by atoms with Crippen LogP contribution in [0.1, 0.15) is 32.6 Å². The lowest BCUT2D eigenvalue weighted by atomic mass is 10.0. The molecule has 0 bridgehead atoms. The first-order valence-electron chi connectivity index (χ1n) is 9.09. The Morgan fingerprint density at radius 3 is 2.70 bits per heavy atom. The van der Waals surface area contributed by atoms with E-state index in [1.165, 1.54) is 16.4 Å². The van der Waals surface area contributed by atoms with Crippen molar-refractivity contribution in [2.45, 2.75) is 43.5 Å². The predicted octanol–water partition coefficient (Wildman–Crippen LogP) is 1.71. The molecule has 1 aromatic rings. The highest BCUT2D eigenvalue weighted by atomic mass is 32.2. The fourth-order valence-electron chi connectivity index (χ4n) is 3.17. The van der Waals surface area contributed by atoms with Crippen LogP contribution in [-0.2, 0) is 14.8 Å². The van der Waals surface area contributed by atoms with Crippen LogP contribution in [-0.4, -0.2) is 49.2 Å². The van der Waals surface area contributed by atoms with Gasteiger partial charge >= 0.3 is 0 Å². The smallest absolute Gasteiger partial charge is 0.293 e. The van der Waals surface area contributed by atoms with Gasteiger partial charge < -0.3 is 10.6 Å². The van der Waals surface area contributed by atoms with Gasteiger partial charge in [-0.05, 0) is 43.7 Å². The average Bonchev–Trinajstić information content (AvgIpc) is 3.43. The second-order valence-corrected chi connectivity index (χ2v) is 9.18. The third kappa shape index (κ3) is 4.75. The van der Waals surface area contributed by atoms with Crippen LogP contribution in [0.15, 0.2) is 23.1 Å². The van der Waals surface area contributed by atoms with E-state index < -0.39 is 14.9 Å². The van der Waals surface area contributed by atoms with Crippen molar-refractivity contribution in [1.82, 2.24) is 9.62 Å². The van der Waals surface area contributed by atoms with Crippen molar-refractivity contribution >= 4 is 27.3 Å². The molecule has 148 valence electrons. The molecule has 0 radical (unpaired) electrons. The molecule has 10 heteroatoms. The van der Waals surface area contributed by atoms with Gasteiger partial charge in [0.15, 0.2) is 0 Å². The number of benzene rings is 1. The molecular weight excluding hydrogens is 372 g/mol. The molecule has 0 aromatic heterocycles. The maximum atomic E-state index is 12.8. The molecule has 9 nitrogen and oxygen atoms in total. The Morgan fingerprint density at radius 2 is 2.07 bits per heavy atom. The quantitative estimate of drug-likeness (QED) is 0.534. The third-order valence-corrected chi connectivity index (χ3v) is 6.67. The van der Waals surface area contributed by atoms with Crippen molar-refractivity contribution in [1.29, 1.82) is 0 Å². The summed E-state index contributed by atoms with van der Waals surface area (Å²) in [5.41, 5.74) is -0.239. The zero-order valence-corrected chi connectivity index (χ0v) is 16.0. The molecular formula is C17H24N4O5S. The van der Waals surface area contributed by atoms with Gasteiger partial charge in [-0.2, -0.15) is 4.31 Å². The third-order valence-electron chi connectivity index (χ3n) is 4.81. The van der Waals surface area contributed by atoms with Crippen LogP contribution >= 0.6 is 0 Å². The van der Waals surface area contributed by atoms with Crippen molar-refractivity contribution < 1.29 is 18.1 Å². The number of sulfonamides is 1. The van der Waals surface area contributed by atoms with Gasteiger partial charge in [0.2, 0.25) is 15.9 Å². The number of anilines is 1. The zero-order valence-electron chi connectivity index (χ0n) is 15.2. The summed E-state index contributed by atoms with van der Waals surface area (Å²) >= 11 is 0. The van der Waals surface area contributed by atoms with Gasteiger partial charge in [0.05, 0.1) is 16.4 Å². The lowest BCUT2D eigenvalue weighted by Gasteiger charge is -2.30. The molecule has 1 aromatic carbocycles. The Bertz CT molecular complexity index is 838. The van der Waals surface area contributed by atoms with E-state index in [0.717, 1.165) is 31.7 Å². The summed E-state index contributed by atoms with van der Waals surface area (Å²) in [6, 6.07) is 3.97. The molecule has 27 heavy (non-hydrogen) atoms. The summed E-state index contributed by atoms with van der Waals surface area (Å²) in [5.74, 6) is 0.0141. The van der Waals surface area contributed by atoms with E-state index in [4.69, 9.17) is 0 Å². The number of hydrogen-bond acceptors (Lipinski definition) is 6. The predicted molar refractivity (Wildman–Crippen MR) is 99.9 cm³/mol. The molecule has 2 aliphatic rings. The van der Waals surface area contributed by atoms with Crippen LogP contribution in [0.5, 0.6) is 0 Å². The minimum absolute atomic E-state index is 0.101. The van der Waals surface area contributed by atoms with Crippen molar-refractivity contribution in [2.75, 3.05) is 25.0 Å². The van der Waals surface area contributed by atoms with E-state index >= 15 is 0 Å². The molecule has 1 atom stereocenters. The molecule has 1 aliphatic heterocycles. The molecule has 0 spiro atoms. The van der Waals surface area contributed by atoms with Crippen LogP contribution < -0.4 is 10.6 Å². The van der Waals surface area contributed by atoms with Crippen LogP contribution in [0.3, 0.4) is 0 Å². The molecule has 3 rings (SSSR count). The topological polar surface area (TPSA) is 122 Å². The second-order valence-electron chi connectivity index (χ2n) is 7.24. The average molecular weight is 396 g/mol. The monoisotopic (exact) mass is 396 g/mol. The minimum atomic E-state index is -3.78. The largest absolute Gasteiger partial charge is 0.371 e. The normalized spacial score (nSPS) is 20.9. The summed E-state index contributed by atoms with van der Waals surface area (Å²) in [5, 5.41) is 16.9. The fraction of sp³-hybridized carbons (Fsp3) is 0.588. The number of carbonyl (C=O) groups is 1. The first kappa shape index (κ1) is 19.6. The lowest BCUT2D eigenvalue weighted by molar-refractivity contribution is -0.384. The van der Waals surface area contributed by atoms with Crippen LogP contribution in [0, 0.1) is 16.0 Å². The molecule has 2 N–H and O–H groups in total. The Morgan fingerprint density at radius 1 is 1.33 bits per heavy atom. The number of rotatable bonds is 7. The first-order chi connectivity index (χ1) is 12.8. The minimum Gasteiger partial charge on any atom is -0.371 e. The number of nitro groups is 1. The summed E-state index contributed by atoms with van der Waals surface area (Å²) in [6.07, 6.45) is 3.65. The Labute approximate surface area is 158 Å². The number of amides is 1. The van der Waals surface area contributed by atoms with Gasteiger partial charge in [-0.3, -0.25) is 14.9 Å². The van der Waals surface area contributed by atoms with Gasteiger partial charge in [-0.1, -0.05) is 6.92 Å². The highest BCUT2D eigenvalue weighted by Crippen LogP contribution is 2.30. The van der Waals surface area contributed by atoms with Crippen LogP contribution in [0.2, 0.25) is 0 Å². The van der Waals surface area contributed by atoms with Gasteiger partial charge in [-0.25, -0.2) is 8.42 Å². The molecule has 2 fully saturated rings. The maximum absolute atomic E-state index is 12.8. The second kappa shape index (κ2) is 7.81. The molecule has 1 heterocycles. The Balaban J connectivity index is 1.77. The number of nitro benzene ring substituents is 1. The van der Waals surface area contributed by atoms with E-state index in [1.807, 2.05) is 6.92 Å². The number of piperidine rings is 1. The molecule has 1 saturated carbocycles. The number of nitrogens with zero attached hydrogens (tertiary/aromatic N) is 2. The molecule has 1 amide bonds. The summed E-state index contributed by atoms with van der Waals surface area (Å²) in [4.78, 5) is 22.4. The van der Waals surface area contributed by atoms with Gasteiger partial charge in [-0.15, -0.1) is 0 Å². The molecule has 1 aliphatic carbocycles. The van der Waals surface area contributed by atoms with E-state index in [2.05, 4.69) is 10.6 Å². The zero-order chi connectivity index (χ0) is 19.6. The van der Waals surface area contributed by atoms with Gasteiger partial charge in [0, 0.05) is 25.2 Å². The van der Waals surface area contributed by atoms with Crippen molar-refractivity contribution in [3.05, 3.63) is 28.3 Å². The number of nitrogens with one attached hydrogen (secondary N) is 2. The number of hydrogen-bond donors (Lipinski definition) is 2. The lowest BCUT2D eigenvalue weighted by Crippen LogP contribution is -2.39. The van der Waals surface area contributed by atoms with Crippen molar-refractivity contribution in [2.24, 2.45) is 5.92 Å². The summed E-state index contributed by atoms with van der Waals surface area (Å²) in [7, 11) is -3.78. The van der Waals surface area contributed by atoms with E-state index in [9.17, 15) is 23.3 Å². The van der Waals surface area contributed by atoms with E-state index in [1.54, 1.807) is 0 Å². The Kier molecular flexibility index (Phi) is 5.66. The standard InChI is InChI=1S/C17H24N4O5S/c1-12-3-2-8-20(11-12)27(25,26)14-6-7-15(16(9-14)21(23)24)18-10-17(22)19-13-4-5-13/h6-7,9,12-13,18H,2-5,8,10-11H2,1H3,(H,19,22)/t12-/m0/s1. The highest BCUT2D eigenvalue weighted by molar-refractivity contribution is 7.89. The van der Waals surface area contributed by atoms with Gasteiger partial charge in [0.1, 0.15) is 5.69 Å². The maximum Gasteiger partial charge on any atom is 0.293 e. The highest BCUT2D eigenvalue weighted by Gasteiger charge is 2.30. The fourth-order valence-corrected chi connectivity index (χ4v) is 4.79. The summed E-state index contributed by atoms with van der Waals surface area (Å²) < 4.78 is 27.0. The summed E-state index contributed by atoms with van der Waals surface area (Å²) in [6.45, 7) is 2.72. The molecule has 1 saturated heterocycles. The van der Waals surface area contributed by atoms with Crippen molar-refractivity contribution in [3.8, 4) is 0 Å². The van der Waals surface area contributed by atoms with Crippen LogP contribution in [0.25, 0.3) is 0 Å². The van der Waals surface area contributed by atoms with Crippen LogP contribution in [0.4, 0.5) is 11.4 Å². The number of carbonyl (C=O) groups excluding carboxylic acids is 1. The molecule has 0 unspecified atom stereocenters. The van der Waals surface area contributed by atoms with E-state index in [-0.39, 0.29) is 40.7 Å². The van der Waals surface area contributed by atoms with Crippen molar-refractivity contribution in [3.63, 3.8) is 0 Å². The Hall–Kier alpha value is -2.20. The van der Waals surface area contributed by atoms with E-state index in [0.29, 0.717) is 13.1 Å². The van der Waals surface area contributed by atoms with Gasteiger partial charge in [0.25, 0.3) is 5.69 Å².